The molecule has 4 nitrogen and oxygen atoms in total. The predicted octanol–water partition coefficient (Wildman–Crippen LogP) is 1.46. The number of carbonyl (C=O) groups excluding carboxylic acids is 1. The van der Waals surface area contributed by atoms with Crippen LogP contribution in [0.25, 0.3) is 0 Å². The van der Waals surface area contributed by atoms with Gasteiger partial charge in [0.15, 0.2) is 0 Å². The van der Waals surface area contributed by atoms with Crippen LogP contribution < -0.4 is 5.73 Å². The second kappa shape index (κ2) is 7.41. The van der Waals surface area contributed by atoms with Crippen LogP contribution in [0.1, 0.15) is 25.3 Å². The van der Waals surface area contributed by atoms with Crippen molar-refractivity contribution >= 4 is 5.91 Å². The molecule has 1 fully saturated rings. The van der Waals surface area contributed by atoms with Crippen molar-refractivity contribution < 1.29 is 4.79 Å². The second-order valence-electron chi connectivity index (χ2n) is 5.38. The molecule has 0 aromatic heterocycles. The molecular formula is C16H25N3O. The molecule has 1 aliphatic rings. The van der Waals surface area contributed by atoms with Crippen LogP contribution in [0.4, 0.5) is 0 Å². The fourth-order valence-electron chi connectivity index (χ4n) is 2.99. The van der Waals surface area contributed by atoms with Gasteiger partial charge in [-0.3, -0.25) is 9.69 Å². The summed E-state index contributed by atoms with van der Waals surface area (Å²) in [5.74, 6) is 0.0778. The molecule has 0 bridgehead atoms. The standard InChI is InChI=1S/C16H25N3O/c1-2-19(16(20)12-17)15-8-10-18(11-9-15)13-14-6-4-3-5-7-14/h3-7,15H,2,8-13,17H2,1H3. The summed E-state index contributed by atoms with van der Waals surface area (Å²) in [5, 5.41) is 0. The number of amides is 1. The Morgan fingerprint density at radius 3 is 2.50 bits per heavy atom. The van der Waals surface area contributed by atoms with E-state index in [1.165, 1.54) is 5.56 Å². The van der Waals surface area contributed by atoms with Gasteiger partial charge in [-0.25, -0.2) is 0 Å². The summed E-state index contributed by atoms with van der Waals surface area (Å²) in [5.41, 5.74) is 6.84. The van der Waals surface area contributed by atoms with Gasteiger partial charge in [0.1, 0.15) is 0 Å². The molecule has 1 saturated heterocycles. The van der Waals surface area contributed by atoms with E-state index in [0.717, 1.165) is 39.0 Å². The molecule has 0 spiro atoms. The second-order valence-corrected chi connectivity index (χ2v) is 5.38. The van der Waals surface area contributed by atoms with E-state index in [1.807, 2.05) is 17.9 Å². The maximum Gasteiger partial charge on any atom is 0.236 e. The Kier molecular flexibility index (Phi) is 5.56. The molecule has 2 N–H and O–H groups in total. The molecular weight excluding hydrogens is 250 g/mol. The number of nitrogens with two attached hydrogens (primary N) is 1. The maximum atomic E-state index is 11.8. The van der Waals surface area contributed by atoms with Crippen LogP contribution in [0, 0.1) is 0 Å². The lowest BCUT2D eigenvalue weighted by Gasteiger charge is -2.38. The van der Waals surface area contributed by atoms with Crippen LogP contribution in [0.15, 0.2) is 30.3 Å². The number of nitrogens with zero attached hydrogens (tertiary/aromatic N) is 2. The number of likely N-dealkylation sites (tertiary alicyclic amines) is 1. The third-order valence-electron chi connectivity index (χ3n) is 4.08. The summed E-state index contributed by atoms with van der Waals surface area (Å²) < 4.78 is 0. The van der Waals surface area contributed by atoms with Gasteiger partial charge in [-0.05, 0) is 25.3 Å². The first-order valence-corrected chi connectivity index (χ1v) is 7.50. The molecule has 1 aromatic carbocycles. The van der Waals surface area contributed by atoms with Crippen molar-refractivity contribution in [1.29, 1.82) is 0 Å². The quantitative estimate of drug-likeness (QED) is 0.885. The highest BCUT2D eigenvalue weighted by molar-refractivity contribution is 5.78. The maximum absolute atomic E-state index is 11.8. The van der Waals surface area contributed by atoms with Gasteiger partial charge in [-0.1, -0.05) is 30.3 Å². The van der Waals surface area contributed by atoms with Gasteiger partial charge in [0.2, 0.25) is 5.91 Å². The van der Waals surface area contributed by atoms with Gasteiger partial charge in [-0.2, -0.15) is 0 Å². The number of piperidine rings is 1. The molecule has 1 aromatic rings. The van der Waals surface area contributed by atoms with Crippen molar-refractivity contribution in [3.8, 4) is 0 Å². The summed E-state index contributed by atoms with van der Waals surface area (Å²) in [6, 6.07) is 10.9. The zero-order valence-corrected chi connectivity index (χ0v) is 12.3. The lowest BCUT2D eigenvalue weighted by Crippen LogP contribution is -2.48. The van der Waals surface area contributed by atoms with Gasteiger partial charge in [-0.15, -0.1) is 0 Å². The van der Waals surface area contributed by atoms with Crippen LogP contribution in [-0.4, -0.2) is 47.9 Å². The van der Waals surface area contributed by atoms with E-state index in [0.29, 0.717) is 6.04 Å². The Morgan fingerprint density at radius 1 is 1.30 bits per heavy atom. The monoisotopic (exact) mass is 275 g/mol. The SMILES string of the molecule is CCN(C(=O)CN)C1CCN(Cc2ccccc2)CC1. The van der Waals surface area contributed by atoms with E-state index >= 15 is 0 Å². The number of hydrogen-bond donors (Lipinski definition) is 1. The minimum Gasteiger partial charge on any atom is -0.339 e. The summed E-state index contributed by atoms with van der Waals surface area (Å²) in [6.45, 7) is 6.02. The van der Waals surface area contributed by atoms with Gasteiger partial charge in [0.05, 0.1) is 6.54 Å². The van der Waals surface area contributed by atoms with E-state index < -0.39 is 0 Å². The van der Waals surface area contributed by atoms with E-state index in [-0.39, 0.29) is 12.5 Å². The minimum absolute atomic E-state index is 0.0778. The lowest BCUT2D eigenvalue weighted by atomic mass is 10.0. The van der Waals surface area contributed by atoms with Crippen molar-refractivity contribution in [2.45, 2.75) is 32.4 Å². The number of benzene rings is 1. The molecule has 0 radical (unpaired) electrons. The first-order chi connectivity index (χ1) is 9.74. The molecule has 1 heterocycles. The van der Waals surface area contributed by atoms with Crippen LogP contribution in [0.5, 0.6) is 0 Å². The normalized spacial score (nSPS) is 17.1. The Bertz CT molecular complexity index is 413. The fourth-order valence-corrected chi connectivity index (χ4v) is 2.99. The summed E-state index contributed by atoms with van der Waals surface area (Å²) in [6.07, 6.45) is 2.10. The van der Waals surface area contributed by atoms with Gasteiger partial charge in [0, 0.05) is 32.2 Å². The highest BCUT2D eigenvalue weighted by Crippen LogP contribution is 2.18. The Labute approximate surface area is 121 Å². The zero-order chi connectivity index (χ0) is 14.4. The van der Waals surface area contributed by atoms with E-state index in [1.54, 1.807) is 0 Å². The lowest BCUT2D eigenvalue weighted by molar-refractivity contribution is -0.132. The first kappa shape index (κ1) is 15.0. The number of hydrogen-bond acceptors (Lipinski definition) is 3. The average Bonchev–Trinajstić information content (AvgIpc) is 2.50. The molecule has 4 heteroatoms. The van der Waals surface area contributed by atoms with Crippen molar-refractivity contribution in [3.05, 3.63) is 35.9 Å². The molecule has 110 valence electrons. The predicted molar refractivity (Wildman–Crippen MR) is 81.2 cm³/mol. The summed E-state index contributed by atoms with van der Waals surface area (Å²) >= 11 is 0. The van der Waals surface area contributed by atoms with Crippen molar-refractivity contribution in [2.24, 2.45) is 5.73 Å². The van der Waals surface area contributed by atoms with Crippen molar-refractivity contribution in [1.82, 2.24) is 9.80 Å². The van der Waals surface area contributed by atoms with E-state index in [9.17, 15) is 4.79 Å². The zero-order valence-electron chi connectivity index (χ0n) is 12.3. The smallest absolute Gasteiger partial charge is 0.236 e. The fraction of sp³-hybridized carbons (Fsp3) is 0.562. The number of likely N-dealkylation sites (N-methyl/N-ethyl adjacent to an activating group) is 1. The molecule has 0 saturated carbocycles. The minimum atomic E-state index is 0.0778. The molecule has 0 atom stereocenters. The van der Waals surface area contributed by atoms with Crippen LogP contribution in [0.2, 0.25) is 0 Å². The Morgan fingerprint density at radius 2 is 1.95 bits per heavy atom. The molecule has 1 aliphatic heterocycles. The third kappa shape index (κ3) is 3.81. The summed E-state index contributed by atoms with van der Waals surface area (Å²) in [4.78, 5) is 16.2. The van der Waals surface area contributed by atoms with Crippen LogP contribution >= 0.6 is 0 Å². The van der Waals surface area contributed by atoms with Crippen molar-refractivity contribution in [2.75, 3.05) is 26.2 Å². The third-order valence-corrected chi connectivity index (χ3v) is 4.08. The molecule has 0 unspecified atom stereocenters. The van der Waals surface area contributed by atoms with Gasteiger partial charge >= 0.3 is 0 Å². The number of rotatable bonds is 5. The average molecular weight is 275 g/mol. The molecule has 0 aliphatic carbocycles. The Balaban J connectivity index is 1.84. The molecule has 20 heavy (non-hydrogen) atoms. The van der Waals surface area contributed by atoms with Crippen molar-refractivity contribution in [3.63, 3.8) is 0 Å². The van der Waals surface area contributed by atoms with Crippen LogP contribution in [-0.2, 0) is 11.3 Å². The van der Waals surface area contributed by atoms with E-state index in [4.69, 9.17) is 5.73 Å². The molecule has 2 rings (SSSR count). The highest BCUT2D eigenvalue weighted by atomic mass is 16.2. The van der Waals surface area contributed by atoms with E-state index in [2.05, 4.69) is 29.2 Å². The highest BCUT2D eigenvalue weighted by Gasteiger charge is 2.26. The Hall–Kier alpha value is -1.39. The van der Waals surface area contributed by atoms with Gasteiger partial charge < -0.3 is 10.6 Å². The first-order valence-electron chi connectivity index (χ1n) is 7.50. The van der Waals surface area contributed by atoms with Gasteiger partial charge in [0.25, 0.3) is 0 Å². The molecule has 1 amide bonds. The van der Waals surface area contributed by atoms with Crippen LogP contribution in [0.3, 0.4) is 0 Å². The topological polar surface area (TPSA) is 49.6 Å². The summed E-state index contributed by atoms with van der Waals surface area (Å²) in [7, 11) is 0. The number of carbonyl (C=O) groups is 1. The largest absolute Gasteiger partial charge is 0.339 e.